The number of amides is 2. The smallest absolute Gasteiger partial charge is 0.254 e. The summed E-state index contributed by atoms with van der Waals surface area (Å²) in [6, 6.07) is 7.43. The van der Waals surface area contributed by atoms with Crippen LogP contribution in [0.2, 0.25) is 0 Å². The van der Waals surface area contributed by atoms with Gasteiger partial charge in [-0.05, 0) is 57.5 Å². The van der Waals surface area contributed by atoms with Crippen LogP contribution in [-0.4, -0.2) is 67.8 Å². The van der Waals surface area contributed by atoms with E-state index in [0.29, 0.717) is 38.0 Å². The molecule has 2 N–H and O–H groups in total. The SMILES string of the molecule is COC1(C(=O)NCc2ccc(C(=O)N3CC(C)OC(C)C3)cc2)CCNCC1. The van der Waals surface area contributed by atoms with Gasteiger partial charge in [-0.15, -0.1) is 0 Å². The second kappa shape index (κ2) is 9.03. The molecule has 0 bridgehead atoms. The summed E-state index contributed by atoms with van der Waals surface area (Å²) in [6.45, 7) is 7.14. The van der Waals surface area contributed by atoms with Crippen LogP contribution in [0.5, 0.6) is 0 Å². The Labute approximate surface area is 166 Å². The third-order valence-electron chi connectivity index (χ3n) is 5.58. The van der Waals surface area contributed by atoms with Gasteiger partial charge in [0.1, 0.15) is 5.60 Å². The Hall–Kier alpha value is -1.96. The molecule has 28 heavy (non-hydrogen) atoms. The van der Waals surface area contributed by atoms with Crippen LogP contribution in [0.1, 0.15) is 42.6 Å². The van der Waals surface area contributed by atoms with Crippen LogP contribution in [0.25, 0.3) is 0 Å². The zero-order valence-electron chi connectivity index (χ0n) is 17.0. The molecule has 7 nitrogen and oxygen atoms in total. The van der Waals surface area contributed by atoms with Crippen LogP contribution in [-0.2, 0) is 20.8 Å². The van der Waals surface area contributed by atoms with Gasteiger partial charge in [-0.3, -0.25) is 9.59 Å². The zero-order chi connectivity index (χ0) is 20.1. The van der Waals surface area contributed by atoms with E-state index in [1.807, 2.05) is 43.0 Å². The average Bonchev–Trinajstić information content (AvgIpc) is 2.71. The highest BCUT2D eigenvalue weighted by Crippen LogP contribution is 2.23. The summed E-state index contributed by atoms with van der Waals surface area (Å²) in [7, 11) is 1.60. The van der Waals surface area contributed by atoms with Gasteiger partial charge in [-0.2, -0.15) is 0 Å². The highest BCUT2D eigenvalue weighted by Gasteiger charge is 2.39. The van der Waals surface area contributed by atoms with Gasteiger partial charge in [-0.25, -0.2) is 0 Å². The molecule has 3 rings (SSSR count). The van der Waals surface area contributed by atoms with E-state index in [4.69, 9.17) is 9.47 Å². The molecule has 154 valence electrons. The summed E-state index contributed by atoms with van der Waals surface area (Å²) in [5.74, 6) is -0.0569. The molecule has 2 aliphatic heterocycles. The Morgan fingerprint density at radius 1 is 1.18 bits per heavy atom. The number of ether oxygens (including phenoxy) is 2. The second-order valence-corrected chi connectivity index (χ2v) is 7.80. The third-order valence-corrected chi connectivity index (χ3v) is 5.58. The minimum Gasteiger partial charge on any atom is -0.372 e. The maximum atomic E-state index is 12.7. The quantitative estimate of drug-likeness (QED) is 0.794. The monoisotopic (exact) mass is 389 g/mol. The van der Waals surface area contributed by atoms with E-state index in [-0.39, 0.29) is 24.0 Å². The highest BCUT2D eigenvalue weighted by molar-refractivity contribution is 5.94. The van der Waals surface area contributed by atoms with Gasteiger partial charge < -0.3 is 25.0 Å². The lowest BCUT2D eigenvalue weighted by atomic mass is 9.91. The number of rotatable bonds is 5. The largest absolute Gasteiger partial charge is 0.372 e. The van der Waals surface area contributed by atoms with Crippen molar-refractivity contribution in [3.63, 3.8) is 0 Å². The normalized spacial score (nSPS) is 24.6. The number of carbonyl (C=O) groups excluding carboxylic acids is 2. The summed E-state index contributed by atoms with van der Waals surface area (Å²) in [5, 5.41) is 6.23. The Balaban J connectivity index is 1.57. The first-order valence-electron chi connectivity index (χ1n) is 10.0. The lowest BCUT2D eigenvalue weighted by molar-refractivity contribution is -0.146. The summed E-state index contributed by atoms with van der Waals surface area (Å²) < 4.78 is 11.2. The molecule has 0 saturated carbocycles. The standard InChI is InChI=1S/C21H31N3O4/c1-15-13-24(14-16(2)28-15)19(25)18-6-4-17(5-7-18)12-23-20(26)21(27-3)8-10-22-11-9-21/h4-7,15-16,22H,8-14H2,1-3H3,(H,23,26). The number of piperidine rings is 1. The summed E-state index contributed by atoms with van der Waals surface area (Å²) in [6.07, 6.45) is 1.42. The van der Waals surface area contributed by atoms with Crippen molar-refractivity contribution in [2.75, 3.05) is 33.3 Å². The number of carbonyl (C=O) groups is 2. The van der Waals surface area contributed by atoms with Crippen molar-refractivity contribution in [2.24, 2.45) is 0 Å². The van der Waals surface area contributed by atoms with E-state index in [9.17, 15) is 9.59 Å². The van der Waals surface area contributed by atoms with Gasteiger partial charge in [0.15, 0.2) is 0 Å². The Morgan fingerprint density at radius 3 is 2.36 bits per heavy atom. The average molecular weight is 389 g/mol. The van der Waals surface area contributed by atoms with Crippen molar-refractivity contribution in [1.82, 2.24) is 15.5 Å². The number of hydrogen-bond acceptors (Lipinski definition) is 5. The zero-order valence-corrected chi connectivity index (χ0v) is 17.0. The molecule has 0 aliphatic carbocycles. The van der Waals surface area contributed by atoms with Crippen LogP contribution >= 0.6 is 0 Å². The molecular weight excluding hydrogens is 358 g/mol. The molecule has 7 heteroatoms. The number of hydrogen-bond donors (Lipinski definition) is 2. The molecule has 2 heterocycles. The van der Waals surface area contributed by atoms with Crippen LogP contribution < -0.4 is 10.6 Å². The van der Waals surface area contributed by atoms with Crippen molar-refractivity contribution >= 4 is 11.8 Å². The first-order chi connectivity index (χ1) is 13.4. The van der Waals surface area contributed by atoms with E-state index in [0.717, 1.165) is 18.7 Å². The summed E-state index contributed by atoms with van der Waals surface area (Å²) >= 11 is 0. The number of nitrogens with zero attached hydrogens (tertiary/aromatic N) is 1. The lowest BCUT2D eigenvalue weighted by Gasteiger charge is -2.35. The number of nitrogens with one attached hydrogen (secondary N) is 2. The van der Waals surface area contributed by atoms with Crippen molar-refractivity contribution in [2.45, 2.75) is 51.0 Å². The fourth-order valence-electron chi connectivity index (χ4n) is 3.99. The van der Waals surface area contributed by atoms with E-state index >= 15 is 0 Å². The van der Waals surface area contributed by atoms with Crippen LogP contribution in [0, 0.1) is 0 Å². The predicted molar refractivity (Wildman–Crippen MR) is 106 cm³/mol. The first kappa shape index (κ1) is 20.8. The van der Waals surface area contributed by atoms with Gasteiger partial charge in [0.25, 0.3) is 11.8 Å². The van der Waals surface area contributed by atoms with Crippen molar-refractivity contribution in [1.29, 1.82) is 0 Å². The number of morpholine rings is 1. The maximum absolute atomic E-state index is 12.7. The molecule has 2 fully saturated rings. The van der Waals surface area contributed by atoms with Crippen LogP contribution in [0.3, 0.4) is 0 Å². The van der Waals surface area contributed by atoms with Crippen molar-refractivity contribution in [3.8, 4) is 0 Å². The number of methoxy groups -OCH3 is 1. The fraction of sp³-hybridized carbons (Fsp3) is 0.619. The van der Waals surface area contributed by atoms with Crippen LogP contribution in [0.15, 0.2) is 24.3 Å². The van der Waals surface area contributed by atoms with E-state index < -0.39 is 5.60 Å². The molecule has 0 aromatic heterocycles. The molecule has 1 aromatic carbocycles. The van der Waals surface area contributed by atoms with Crippen LogP contribution in [0.4, 0.5) is 0 Å². The second-order valence-electron chi connectivity index (χ2n) is 7.80. The molecule has 2 atom stereocenters. The predicted octanol–water partition coefficient (Wildman–Crippen LogP) is 1.32. The number of benzene rings is 1. The highest BCUT2D eigenvalue weighted by atomic mass is 16.5. The minimum atomic E-state index is -0.745. The van der Waals surface area contributed by atoms with Gasteiger partial charge in [0.05, 0.1) is 12.2 Å². The third kappa shape index (κ3) is 4.71. The summed E-state index contributed by atoms with van der Waals surface area (Å²) in [4.78, 5) is 27.2. The molecular formula is C21H31N3O4. The summed E-state index contributed by atoms with van der Waals surface area (Å²) in [5.41, 5.74) is 0.863. The lowest BCUT2D eigenvalue weighted by Crippen LogP contribution is -2.53. The van der Waals surface area contributed by atoms with Gasteiger partial charge in [0.2, 0.25) is 0 Å². The van der Waals surface area contributed by atoms with E-state index in [1.54, 1.807) is 7.11 Å². The van der Waals surface area contributed by atoms with Gasteiger partial charge in [-0.1, -0.05) is 12.1 Å². The fourth-order valence-corrected chi connectivity index (χ4v) is 3.99. The first-order valence-corrected chi connectivity index (χ1v) is 10.0. The van der Waals surface area contributed by atoms with E-state index in [2.05, 4.69) is 10.6 Å². The topological polar surface area (TPSA) is 79.9 Å². The Kier molecular flexibility index (Phi) is 6.69. The molecule has 2 saturated heterocycles. The molecule has 0 radical (unpaired) electrons. The van der Waals surface area contributed by atoms with Gasteiger partial charge in [0, 0.05) is 32.3 Å². The molecule has 2 amide bonds. The molecule has 1 aromatic rings. The minimum absolute atomic E-state index is 0.0191. The van der Waals surface area contributed by atoms with E-state index in [1.165, 1.54) is 0 Å². The maximum Gasteiger partial charge on any atom is 0.254 e. The molecule has 0 spiro atoms. The Bertz CT molecular complexity index is 675. The molecule has 2 aliphatic rings. The van der Waals surface area contributed by atoms with Crippen molar-refractivity contribution in [3.05, 3.63) is 35.4 Å². The molecule has 2 unspecified atom stereocenters. The van der Waals surface area contributed by atoms with Gasteiger partial charge >= 0.3 is 0 Å². The Morgan fingerprint density at radius 2 is 1.79 bits per heavy atom. The van der Waals surface area contributed by atoms with Crippen molar-refractivity contribution < 1.29 is 19.1 Å².